The lowest BCUT2D eigenvalue weighted by Crippen LogP contribution is -2.48. The molecule has 0 bridgehead atoms. The van der Waals surface area contributed by atoms with E-state index in [0.29, 0.717) is 10.2 Å². The predicted molar refractivity (Wildman–Crippen MR) is 133 cm³/mol. The lowest BCUT2D eigenvalue weighted by Gasteiger charge is -2.35. The Hall–Kier alpha value is -3.01. The molecule has 2 N–H and O–H groups in total. The number of fused-ring (bicyclic) bond motifs is 4. The minimum atomic E-state index is -0.543. The van der Waals surface area contributed by atoms with Gasteiger partial charge in [-0.1, -0.05) is 37.3 Å². The highest BCUT2D eigenvalue weighted by atomic mass is 32.1. The Labute approximate surface area is 202 Å². The summed E-state index contributed by atoms with van der Waals surface area (Å²) in [7, 11) is 0. The van der Waals surface area contributed by atoms with Crippen LogP contribution in [0.25, 0.3) is 10.2 Å². The first-order valence-corrected chi connectivity index (χ1v) is 12.5. The summed E-state index contributed by atoms with van der Waals surface area (Å²) in [6.07, 6.45) is 0. The van der Waals surface area contributed by atoms with Gasteiger partial charge in [0.05, 0.1) is 26.9 Å². The zero-order valence-corrected chi connectivity index (χ0v) is 20.2. The molecular formula is C25H28N4O4S. The molecule has 3 aromatic rings. The SMILES string of the molecule is CCN(CC)CCN1CCN(c2nc3cc(O)c4c(c3s2)C(=O)c2cccc(O)c2C4=O)CC1. The number of hydrogen-bond donors (Lipinski definition) is 2. The molecule has 0 unspecified atom stereocenters. The fraction of sp³-hybridized carbons (Fsp3) is 0.400. The van der Waals surface area contributed by atoms with E-state index < -0.39 is 5.78 Å². The molecule has 1 aliphatic heterocycles. The molecule has 1 fully saturated rings. The van der Waals surface area contributed by atoms with Gasteiger partial charge in [0.25, 0.3) is 0 Å². The normalized spacial score (nSPS) is 16.4. The number of anilines is 1. The summed E-state index contributed by atoms with van der Waals surface area (Å²) in [5.74, 6) is -1.46. The minimum Gasteiger partial charge on any atom is -0.507 e. The second-order valence-corrected chi connectivity index (χ2v) is 9.68. The zero-order valence-electron chi connectivity index (χ0n) is 19.4. The van der Waals surface area contributed by atoms with Crippen LogP contribution in [0.3, 0.4) is 0 Å². The fourth-order valence-electron chi connectivity index (χ4n) is 4.84. The number of ketones is 2. The van der Waals surface area contributed by atoms with Gasteiger partial charge in [-0.2, -0.15) is 0 Å². The molecule has 2 aromatic carbocycles. The van der Waals surface area contributed by atoms with E-state index in [1.54, 1.807) is 6.07 Å². The molecule has 2 aliphatic rings. The summed E-state index contributed by atoms with van der Waals surface area (Å²) < 4.78 is 0.596. The topological polar surface area (TPSA) is 97.2 Å². The number of carbonyl (C=O) groups excluding carboxylic acids is 2. The van der Waals surface area contributed by atoms with Crippen LogP contribution >= 0.6 is 11.3 Å². The molecule has 1 saturated heterocycles. The smallest absolute Gasteiger partial charge is 0.202 e. The van der Waals surface area contributed by atoms with Crippen molar-refractivity contribution < 1.29 is 19.8 Å². The highest BCUT2D eigenvalue weighted by Crippen LogP contribution is 2.43. The monoisotopic (exact) mass is 480 g/mol. The van der Waals surface area contributed by atoms with Crippen LogP contribution in [0, 0.1) is 0 Å². The van der Waals surface area contributed by atoms with Crippen LogP contribution in [0.1, 0.15) is 45.7 Å². The Morgan fingerprint density at radius 1 is 0.971 bits per heavy atom. The average Bonchev–Trinajstić information content (AvgIpc) is 3.26. The molecule has 0 spiro atoms. The van der Waals surface area contributed by atoms with Gasteiger partial charge >= 0.3 is 0 Å². The van der Waals surface area contributed by atoms with E-state index in [2.05, 4.69) is 28.5 Å². The number of piperazine rings is 1. The highest BCUT2D eigenvalue weighted by molar-refractivity contribution is 7.22. The minimum absolute atomic E-state index is 0.0529. The Balaban J connectivity index is 1.42. The van der Waals surface area contributed by atoms with Crippen LogP contribution in [-0.4, -0.2) is 88.9 Å². The van der Waals surface area contributed by atoms with Gasteiger partial charge in [-0.25, -0.2) is 4.98 Å². The molecule has 2 heterocycles. The Kier molecular flexibility index (Phi) is 6.01. The highest BCUT2D eigenvalue weighted by Gasteiger charge is 2.37. The number of benzene rings is 2. The number of aromatic nitrogens is 1. The maximum absolute atomic E-state index is 13.4. The predicted octanol–water partition coefficient (Wildman–Crippen LogP) is 2.95. The molecule has 8 nitrogen and oxygen atoms in total. The summed E-state index contributed by atoms with van der Waals surface area (Å²) >= 11 is 1.38. The molecule has 5 rings (SSSR count). The van der Waals surface area contributed by atoms with Crippen LogP contribution in [0.2, 0.25) is 0 Å². The quantitative estimate of drug-likeness (QED) is 0.435. The lowest BCUT2D eigenvalue weighted by atomic mass is 9.83. The summed E-state index contributed by atoms with van der Waals surface area (Å²) in [6, 6.07) is 5.90. The molecule has 9 heteroatoms. The van der Waals surface area contributed by atoms with E-state index >= 15 is 0 Å². The zero-order chi connectivity index (χ0) is 24.0. The molecule has 1 aromatic heterocycles. The van der Waals surface area contributed by atoms with E-state index in [1.807, 2.05) is 0 Å². The summed E-state index contributed by atoms with van der Waals surface area (Å²) in [5, 5.41) is 21.6. The van der Waals surface area contributed by atoms with Crippen LogP contribution in [-0.2, 0) is 0 Å². The number of rotatable bonds is 6. The second-order valence-electron chi connectivity index (χ2n) is 8.70. The second kappa shape index (κ2) is 8.98. The van der Waals surface area contributed by atoms with E-state index in [-0.39, 0.29) is 39.5 Å². The van der Waals surface area contributed by atoms with Gasteiger partial charge in [0.2, 0.25) is 5.78 Å². The van der Waals surface area contributed by atoms with E-state index in [1.165, 1.54) is 29.5 Å². The van der Waals surface area contributed by atoms with Crippen molar-refractivity contribution in [3.8, 4) is 11.5 Å². The van der Waals surface area contributed by atoms with Crippen molar-refractivity contribution in [3.63, 3.8) is 0 Å². The number of nitrogens with zero attached hydrogens (tertiary/aromatic N) is 4. The number of thiazole rings is 1. The van der Waals surface area contributed by atoms with Crippen molar-refractivity contribution in [1.29, 1.82) is 0 Å². The molecule has 1 aliphatic carbocycles. The van der Waals surface area contributed by atoms with Gasteiger partial charge in [-0.05, 0) is 19.2 Å². The maximum atomic E-state index is 13.4. The van der Waals surface area contributed by atoms with Crippen molar-refractivity contribution >= 4 is 38.3 Å². The number of aromatic hydroxyl groups is 2. The van der Waals surface area contributed by atoms with Gasteiger partial charge in [0.15, 0.2) is 10.9 Å². The van der Waals surface area contributed by atoms with Crippen LogP contribution in [0.15, 0.2) is 24.3 Å². The number of carbonyl (C=O) groups is 2. The third kappa shape index (κ3) is 3.73. The molecule has 0 saturated carbocycles. The standard InChI is InChI=1S/C25H28N4O4S/c1-3-27(4-2)8-9-28-10-12-29(13-11-28)25-26-16-14-18(31)20-21(24(16)34-25)22(32)15-6-5-7-17(30)19(15)23(20)33/h5-7,14,30-31H,3-4,8-13H2,1-2H3. The van der Waals surface area contributed by atoms with E-state index in [0.717, 1.165) is 57.5 Å². The molecular weight excluding hydrogens is 452 g/mol. The largest absolute Gasteiger partial charge is 0.507 e. The van der Waals surface area contributed by atoms with Crippen molar-refractivity contribution in [3.05, 3.63) is 46.5 Å². The third-order valence-corrected chi connectivity index (χ3v) is 8.04. The third-order valence-electron chi connectivity index (χ3n) is 6.89. The first-order valence-electron chi connectivity index (χ1n) is 11.7. The van der Waals surface area contributed by atoms with Crippen molar-refractivity contribution in [2.45, 2.75) is 13.8 Å². The summed E-state index contributed by atoms with van der Waals surface area (Å²) in [4.78, 5) is 38.3. The Bertz CT molecular complexity index is 1280. The van der Waals surface area contributed by atoms with Crippen molar-refractivity contribution in [2.75, 3.05) is 57.3 Å². The molecule has 0 radical (unpaired) electrons. The number of likely N-dealkylation sites (N-methyl/N-ethyl adjacent to an activating group) is 1. The molecule has 178 valence electrons. The van der Waals surface area contributed by atoms with E-state index in [4.69, 9.17) is 4.98 Å². The summed E-state index contributed by atoms with van der Waals surface area (Å²) in [5.41, 5.74) is 0.731. The van der Waals surface area contributed by atoms with Crippen molar-refractivity contribution in [1.82, 2.24) is 14.8 Å². The van der Waals surface area contributed by atoms with Crippen LogP contribution in [0.5, 0.6) is 11.5 Å². The summed E-state index contributed by atoms with van der Waals surface area (Å²) in [6.45, 7) is 12.1. The van der Waals surface area contributed by atoms with Gasteiger partial charge in [0.1, 0.15) is 11.5 Å². The Morgan fingerprint density at radius 2 is 1.71 bits per heavy atom. The fourth-order valence-corrected chi connectivity index (χ4v) is 5.98. The van der Waals surface area contributed by atoms with E-state index in [9.17, 15) is 19.8 Å². The van der Waals surface area contributed by atoms with Crippen LogP contribution < -0.4 is 4.90 Å². The first-order chi connectivity index (χ1) is 16.4. The molecule has 0 atom stereocenters. The molecule has 0 amide bonds. The van der Waals surface area contributed by atoms with Crippen LogP contribution in [0.4, 0.5) is 5.13 Å². The lowest BCUT2D eigenvalue weighted by molar-refractivity contribution is 0.0975. The van der Waals surface area contributed by atoms with Gasteiger partial charge < -0.3 is 20.0 Å². The number of phenolic OH excluding ortho intramolecular Hbond substituents is 2. The maximum Gasteiger partial charge on any atom is 0.202 e. The first kappa shape index (κ1) is 22.8. The number of hydrogen-bond acceptors (Lipinski definition) is 9. The average molecular weight is 481 g/mol. The molecule has 34 heavy (non-hydrogen) atoms. The van der Waals surface area contributed by atoms with Gasteiger partial charge in [-0.15, -0.1) is 0 Å². The van der Waals surface area contributed by atoms with Crippen molar-refractivity contribution in [2.24, 2.45) is 0 Å². The number of phenols is 2. The van der Waals surface area contributed by atoms with Gasteiger partial charge in [-0.3, -0.25) is 14.5 Å². The van der Waals surface area contributed by atoms with Gasteiger partial charge in [0, 0.05) is 50.9 Å². The Morgan fingerprint density at radius 3 is 2.41 bits per heavy atom.